The summed E-state index contributed by atoms with van der Waals surface area (Å²) in [4.78, 5) is 16.5. The minimum atomic E-state index is -0.380. The third kappa shape index (κ3) is 6.01. The molecule has 4 aromatic rings. The zero-order valence-electron chi connectivity index (χ0n) is 18.8. The lowest BCUT2D eigenvalue weighted by molar-refractivity contribution is -0.121. The van der Waals surface area contributed by atoms with Gasteiger partial charge in [-0.3, -0.25) is 4.79 Å². The van der Waals surface area contributed by atoms with Crippen LogP contribution in [-0.2, 0) is 24.4 Å². The number of rotatable bonds is 10. The largest absolute Gasteiger partial charge is 0.493 e. The van der Waals surface area contributed by atoms with E-state index in [1.807, 2.05) is 48.5 Å². The fourth-order valence-corrected chi connectivity index (χ4v) is 3.40. The molecule has 6 nitrogen and oxygen atoms in total. The molecule has 3 aromatic carbocycles. The lowest BCUT2D eigenvalue weighted by atomic mass is 10.2. The Kier molecular flexibility index (Phi) is 7.55. The van der Waals surface area contributed by atoms with Crippen LogP contribution in [0.1, 0.15) is 23.4 Å². The third-order valence-electron chi connectivity index (χ3n) is 5.21. The van der Waals surface area contributed by atoms with Crippen molar-refractivity contribution in [2.24, 2.45) is 0 Å². The molecule has 0 fully saturated rings. The van der Waals surface area contributed by atoms with E-state index in [0.29, 0.717) is 48.3 Å². The van der Waals surface area contributed by atoms with Gasteiger partial charge in [-0.2, -0.15) is 0 Å². The van der Waals surface area contributed by atoms with Crippen LogP contribution in [-0.4, -0.2) is 18.0 Å². The summed E-state index contributed by atoms with van der Waals surface area (Å²) in [6.45, 7) is 0.785. The lowest BCUT2D eigenvalue weighted by Crippen LogP contribution is -2.23. The first kappa shape index (κ1) is 23.0. The van der Waals surface area contributed by atoms with Crippen LogP contribution in [0.15, 0.2) is 83.4 Å². The number of nitrogens with one attached hydrogen (secondary N) is 1. The minimum Gasteiger partial charge on any atom is -0.493 e. The maximum Gasteiger partial charge on any atom is 0.220 e. The number of halogens is 1. The summed E-state index contributed by atoms with van der Waals surface area (Å²) in [5, 5.41) is 2.88. The van der Waals surface area contributed by atoms with Crippen molar-refractivity contribution in [3.05, 3.63) is 102 Å². The molecule has 1 heterocycles. The molecular formula is C27H25FN2O4. The Balaban J connectivity index is 1.27. The number of carbonyl (C=O) groups excluding carboxylic acids is 1. The highest BCUT2D eigenvalue weighted by Crippen LogP contribution is 2.29. The Labute approximate surface area is 197 Å². The van der Waals surface area contributed by atoms with E-state index in [0.717, 1.165) is 11.1 Å². The molecule has 0 unspecified atom stereocenters. The Morgan fingerprint density at radius 3 is 2.59 bits per heavy atom. The molecule has 4 rings (SSSR count). The molecule has 0 saturated heterocycles. The van der Waals surface area contributed by atoms with E-state index < -0.39 is 0 Å². The molecule has 1 amide bonds. The SMILES string of the molecule is COc1cc(CNC(=O)CCc2ncc(-c3ccccc3F)o2)ccc1OCc1ccccc1. The highest BCUT2D eigenvalue weighted by molar-refractivity contribution is 5.76. The molecule has 0 bridgehead atoms. The van der Waals surface area contributed by atoms with Crippen molar-refractivity contribution in [3.8, 4) is 22.8 Å². The summed E-state index contributed by atoms with van der Waals surface area (Å²) in [7, 11) is 1.58. The van der Waals surface area contributed by atoms with E-state index in [-0.39, 0.29) is 18.1 Å². The van der Waals surface area contributed by atoms with Crippen molar-refractivity contribution in [2.45, 2.75) is 26.0 Å². The maximum absolute atomic E-state index is 13.9. The molecule has 174 valence electrons. The molecule has 0 saturated carbocycles. The predicted molar refractivity (Wildman–Crippen MR) is 126 cm³/mol. The van der Waals surface area contributed by atoms with Crippen LogP contribution in [0.25, 0.3) is 11.3 Å². The first-order valence-electron chi connectivity index (χ1n) is 10.9. The Hall–Kier alpha value is -4.13. The van der Waals surface area contributed by atoms with Crippen molar-refractivity contribution in [2.75, 3.05) is 7.11 Å². The predicted octanol–water partition coefficient (Wildman–Crippen LogP) is 5.32. The van der Waals surface area contributed by atoms with Gasteiger partial charge in [-0.05, 0) is 35.4 Å². The average molecular weight is 461 g/mol. The Morgan fingerprint density at radius 2 is 1.79 bits per heavy atom. The van der Waals surface area contributed by atoms with Crippen LogP contribution in [0, 0.1) is 5.82 Å². The second-order valence-corrected chi connectivity index (χ2v) is 7.63. The first-order chi connectivity index (χ1) is 16.6. The molecular weight excluding hydrogens is 435 g/mol. The van der Waals surface area contributed by atoms with Crippen LogP contribution in [0.5, 0.6) is 11.5 Å². The summed E-state index contributed by atoms with van der Waals surface area (Å²) in [6.07, 6.45) is 1.99. The molecule has 0 aliphatic carbocycles. The number of hydrogen-bond donors (Lipinski definition) is 1. The zero-order valence-corrected chi connectivity index (χ0v) is 18.8. The topological polar surface area (TPSA) is 73.6 Å². The molecule has 7 heteroatoms. The molecule has 0 aliphatic rings. The number of amides is 1. The van der Waals surface area contributed by atoms with E-state index in [1.54, 1.807) is 25.3 Å². The van der Waals surface area contributed by atoms with Gasteiger partial charge in [0.1, 0.15) is 12.4 Å². The van der Waals surface area contributed by atoms with Crippen molar-refractivity contribution in [1.82, 2.24) is 10.3 Å². The molecule has 1 N–H and O–H groups in total. The van der Waals surface area contributed by atoms with Crippen LogP contribution in [0.3, 0.4) is 0 Å². The molecule has 1 aromatic heterocycles. The monoisotopic (exact) mass is 460 g/mol. The number of nitrogens with zero attached hydrogens (tertiary/aromatic N) is 1. The van der Waals surface area contributed by atoms with Crippen LogP contribution >= 0.6 is 0 Å². The fraction of sp³-hybridized carbons (Fsp3) is 0.185. The summed E-state index contributed by atoms with van der Waals surface area (Å²) in [6, 6.07) is 21.8. The second-order valence-electron chi connectivity index (χ2n) is 7.63. The molecule has 0 aliphatic heterocycles. The Bertz CT molecular complexity index is 1240. The number of benzene rings is 3. The summed E-state index contributed by atoms with van der Waals surface area (Å²) in [5.41, 5.74) is 2.29. The van der Waals surface area contributed by atoms with E-state index in [4.69, 9.17) is 13.9 Å². The number of carbonyl (C=O) groups is 1. The number of methoxy groups -OCH3 is 1. The van der Waals surface area contributed by atoms with Crippen LogP contribution in [0.4, 0.5) is 4.39 Å². The van der Waals surface area contributed by atoms with Gasteiger partial charge in [0.15, 0.2) is 23.1 Å². The lowest BCUT2D eigenvalue weighted by Gasteiger charge is -2.13. The number of aryl methyl sites for hydroxylation is 1. The highest BCUT2D eigenvalue weighted by Gasteiger charge is 2.12. The smallest absolute Gasteiger partial charge is 0.220 e. The standard InChI is InChI=1S/C27H25FN2O4/c1-32-24-15-20(11-12-23(24)33-18-19-7-3-2-4-8-19)16-29-26(31)13-14-27-30-17-25(34-27)21-9-5-6-10-22(21)28/h2-12,15,17H,13-14,16,18H2,1H3,(H,29,31). The first-order valence-corrected chi connectivity index (χ1v) is 10.9. The Morgan fingerprint density at radius 1 is 1.00 bits per heavy atom. The van der Waals surface area contributed by atoms with Crippen molar-refractivity contribution >= 4 is 5.91 Å². The fourth-order valence-electron chi connectivity index (χ4n) is 3.40. The molecule has 0 radical (unpaired) electrons. The van der Waals surface area contributed by atoms with Gasteiger partial charge in [0.05, 0.1) is 18.9 Å². The van der Waals surface area contributed by atoms with Gasteiger partial charge in [-0.15, -0.1) is 0 Å². The van der Waals surface area contributed by atoms with Gasteiger partial charge in [0.2, 0.25) is 5.91 Å². The van der Waals surface area contributed by atoms with Crippen molar-refractivity contribution < 1.29 is 23.1 Å². The normalized spacial score (nSPS) is 10.6. The van der Waals surface area contributed by atoms with E-state index in [9.17, 15) is 9.18 Å². The quantitative estimate of drug-likeness (QED) is 0.347. The van der Waals surface area contributed by atoms with Gasteiger partial charge in [0, 0.05) is 19.4 Å². The number of hydrogen-bond acceptors (Lipinski definition) is 5. The molecule has 0 atom stereocenters. The molecule has 34 heavy (non-hydrogen) atoms. The number of aromatic nitrogens is 1. The highest BCUT2D eigenvalue weighted by atomic mass is 19.1. The summed E-state index contributed by atoms with van der Waals surface area (Å²) in [5.74, 6) is 1.44. The zero-order chi connectivity index (χ0) is 23.8. The van der Waals surface area contributed by atoms with Gasteiger partial charge >= 0.3 is 0 Å². The van der Waals surface area contributed by atoms with Gasteiger partial charge in [-0.25, -0.2) is 9.37 Å². The third-order valence-corrected chi connectivity index (χ3v) is 5.21. The average Bonchev–Trinajstić information content (AvgIpc) is 3.35. The van der Waals surface area contributed by atoms with Gasteiger partial charge < -0.3 is 19.2 Å². The molecule has 0 spiro atoms. The second kappa shape index (κ2) is 11.1. The number of ether oxygens (including phenoxy) is 2. The van der Waals surface area contributed by atoms with Crippen LogP contribution in [0.2, 0.25) is 0 Å². The van der Waals surface area contributed by atoms with Crippen molar-refractivity contribution in [3.63, 3.8) is 0 Å². The summed E-state index contributed by atoms with van der Waals surface area (Å²) < 4.78 is 30.8. The summed E-state index contributed by atoms with van der Waals surface area (Å²) >= 11 is 0. The van der Waals surface area contributed by atoms with Gasteiger partial charge in [-0.1, -0.05) is 48.5 Å². The van der Waals surface area contributed by atoms with E-state index in [1.165, 1.54) is 12.3 Å². The number of oxazole rings is 1. The minimum absolute atomic E-state index is 0.144. The van der Waals surface area contributed by atoms with E-state index >= 15 is 0 Å². The van der Waals surface area contributed by atoms with E-state index in [2.05, 4.69) is 10.3 Å². The van der Waals surface area contributed by atoms with Crippen molar-refractivity contribution in [1.29, 1.82) is 0 Å². The van der Waals surface area contributed by atoms with Crippen LogP contribution < -0.4 is 14.8 Å². The maximum atomic E-state index is 13.9. The van der Waals surface area contributed by atoms with Gasteiger partial charge in [0.25, 0.3) is 0 Å².